The van der Waals surface area contributed by atoms with Crippen molar-refractivity contribution < 1.29 is 14.4 Å². The number of carbonyl (C=O) groups excluding carboxylic acids is 2. The molecule has 0 saturated carbocycles. The average molecular weight is 637 g/mol. The van der Waals surface area contributed by atoms with Crippen LogP contribution in [0.25, 0.3) is 21.9 Å². The lowest BCUT2D eigenvalue weighted by Crippen LogP contribution is -2.40. The fraction of sp³-hybridized carbons (Fsp3) is 0.676. The van der Waals surface area contributed by atoms with Gasteiger partial charge in [-0.15, -0.1) is 0 Å². The van der Waals surface area contributed by atoms with Gasteiger partial charge < -0.3 is 21.2 Å². The summed E-state index contributed by atoms with van der Waals surface area (Å²) in [5.74, 6) is 0.110. The molecule has 4 N–H and O–H groups in total. The second kappa shape index (κ2) is 22.2. The molecule has 9 nitrogen and oxygen atoms in total. The van der Waals surface area contributed by atoms with Gasteiger partial charge >= 0.3 is 11.8 Å². The third-order valence-corrected chi connectivity index (χ3v) is 8.65. The van der Waals surface area contributed by atoms with Gasteiger partial charge in [-0.1, -0.05) is 128 Å². The maximum Gasteiger partial charge on any atom is 0.309 e. The van der Waals surface area contributed by atoms with Crippen LogP contribution >= 0.6 is 0 Å². The highest BCUT2D eigenvalue weighted by atomic mass is 16.7. The Kier molecular flexibility index (Phi) is 17.9. The molecule has 0 spiro atoms. The van der Waals surface area contributed by atoms with Gasteiger partial charge in [0.15, 0.2) is 5.82 Å². The van der Waals surface area contributed by atoms with E-state index in [-0.39, 0.29) is 0 Å². The number of nitrogens with zero attached hydrogens (tertiary/aromatic N) is 3. The fourth-order valence-corrected chi connectivity index (χ4v) is 5.90. The summed E-state index contributed by atoms with van der Waals surface area (Å²) in [6.45, 7) is 5.83. The van der Waals surface area contributed by atoms with Crippen molar-refractivity contribution in [2.75, 3.05) is 25.4 Å². The van der Waals surface area contributed by atoms with Crippen molar-refractivity contribution in [2.24, 2.45) is 0 Å². The Morgan fingerprint density at radius 1 is 0.696 bits per heavy atom. The number of aromatic nitrogens is 3. The number of rotatable bonds is 25. The van der Waals surface area contributed by atoms with E-state index in [4.69, 9.17) is 15.6 Å². The number of aryl methyl sites for hydroxylation is 1. The van der Waals surface area contributed by atoms with Gasteiger partial charge in [-0.25, -0.2) is 9.97 Å². The number of carbonyl (C=O) groups is 2. The Balaban J connectivity index is 1.23. The Bertz CT molecular complexity index is 1310. The molecule has 2 heterocycles. The highest BCUT2D eigenvalue weighted by Crippen LogP contribution is 2.28. The van der Waals surface area contributed by atoms with Crippen molar-refractivity contribution in [1.82, 2.24) is 25.3 Å². The number of benzene rings is 1. The van der Waals surface area contributed by atoms with Crippen LogP contribution in [0.15, 0.2) is 24.3 Å². The molecule has 0 radical (unpaired) electrons. The van der Waals surface area contributed by atoms with Crippen molar-refractivity contribution >= 4 is 39.6 Å². The SMILES string of the molecule is CCCCCCCCCCCCCCCCCNC(=O)C(=O)NCCCCOn1c(CCCC)nc2c(N)nc3ccccc3c21. The number of unbranched alkanes of at least 4 members (excludes halogenated alkanes) is 16. The number of nitrogen functional groups attached to an aromatic ring is 1. The smallest absolute Gasteiger partial charge is 0.309 e. The summed E-state index contributed by atoms with van der Waals surface area (Å²) >= 11 is 0. The molecule has 2 amide bonds. The van der Waals surface area contributed by atoms with Crippen LogP contribution in [-0.2, 0) is 16.0 Å². The summed E-state index contributed by atoms with van der Waals surface area (Å²) in [6.07, 6.45) is 23.8. The van der Waals surface area contributed by atoms with Crippen LogP contribution in [0.2, 0.25) is 0 Å². The van der Waals surface area contributed by atoms with E-state index in [0.717, 1.165) is 54.3 Å². The molecular weight excluding hydrogens is 576 g/mol. The van der Waals surface area contributed by atoms with Crippen molar-refractivity contribution in [2.45, 2.75) is 142 Å². The number of pyridine rings is 1. The van der Waals surface area contributed by atoms with Gasteiger partial charge in [0, 0.05) is 24.9 Å². The quantitative estimate of drug-likeness (QED) is 0.0643. The van der Waals surface area contributed by atoms with E-state index in [1.807, 2.05) is 29.0 Å². The number of hydrogen-bond acceptors (Lipinski definition) is 6. The van der Waals surface area contributed by atoms with Gasteiger partial charge in [0.25, 0.3) is 0 Å². The molecule has 0 atom stereocenters. The molecule has 256 valence electrons. The van der Waals surface area contributed by atoms with Crippen LogP contribution in [-0.4, -0.2) is 46.2 Å². The fourth-order valence-electron chi connectivity index (χ4n) is 5.90. The van der Waals surface area contributed by atoms with Gasteiger partial charge in [0.2, 0.25) is 0 Å². The summed E-state index contributed by atoms with van der Waals surface area (Å²) in [5.41, 5.74) is 8.57. The lowest BCUT2D eigenvalue weighted by molar-refractivity contribution is -0.139. The van der Waals surface area contributed by atoms with E-state index < -0.39 is 11.8 Å². The summed E-state index contributed by atoms with van der Waals surface area (Å²) < 4.78 is 1.81. The zero-order valence-electron chi connectivity index (χ0n) is 28.7. The number of nitrogens with one attached hydrogen (secondary N) is 2. The Morgan fingerprint density at radius 3 is 1.80 bits per heavy atom. The Morgan fingerprint density at radius 2 is 1.22 bits per heavy atom. The third kappa shape index (κ3) is 12.8. The molecule has 3 aromatic rings. The van der Waals surface area contributed by atoms with E-state index >= 15 is 0 Å². The van der Waals surface area contributed by atoms with E-state index in [9.17, 15) is 9.59 Å². The second-order valence-corrected chi connectivity index (χ2v) is 12.6. The molecule has 46 heavy (non-hydrogen) atoms. The van der Waals surface area contributed by atoms with Crippen molar-refractivity contribution in [3.8, 4) is 0 Å². The predicted octanol–water partition coefficient (Wildman–Crippen LogP) is 7.82. The number of fused-ring (bicyclic) bond motifs is 3. The van der Waals surface area contributed by atoms with E-state index in [1.165, 1.54) is 83.5 Å². The molecule has 0 aliphatic rings. The predicted molar refractivity (Wildman–Crippen MR) is 190 cm³/mol. The van der Waals surface area contributed by atoms with Crippen LogP contribution < -0.4 is 21.2 Å². The van der Waals surface area contributed by atoms with Crippen LogP contribution in [0, 0.1) is 0 Å². The van der Waals surface area contributed by atoms with Crippen molar-refractivity contribution in [3.05, 3.63) is 30.1 Å². The van der Waals surface area contributed by atoms with E-state index in [0.29, 0.717) is 43.9 Å². The molecule has 1 aromatic carbocycles. The van der Waals surface area contributed by atoms with Gasteiger partial charge in [-0.2, -0.15) is 4.73 Å². The van der Waals surface area contributed by atoms with E-state index in [2.05, 4.69) is 29.5 Å². The van der Waals surface area contributed by atoms with Crippen LogP contribution in [0.1, 0.15) is 142 Å². The monoisotopic (exact) mass is 636 g/mol. The van der Waals surface area contributed by atoms with Crippen LogP contribution in [0.4, 0.5) is 5.82 Å². The molecular formula is C37H60N6O3. The van der Waals surface area contributed by atoms with Crippen molar-refractivity contribution in [3.63, 3.8) is 0 Å². The minimum Gasteiger partial charge on any atom is -0.412 e. The third-order valence-electron chi connectivity index (χ3n) is 8.65. The lowest BCUT2D eigenvalue weighted by Gasteiger charge is -2.12. The summed E-state index contributed by atoms with van der Waals surface area (Å²) in [7, 11) is 0. The normalized spacial score (nSPS) is 11.3. The van der Waals surface area contributed by atoms with Gasteiger partial charge in [-0.05, 0) is 31.7 Å². The first kappa shape index (κ1) is 37.1. The summed E-state index contributed by atoms with van der Waals surface area (Å²) in [5, 5.41) is 6.44. The number of para-hydroxylation sites is 1. The number of amides is 2. The molecule has 0 fully saturated rings. The molecule has 9 heteroatoms. The first-order valence-corrected chi connectivity index (χ1v) is 18.3. The summed E-state index contributed by atoms with van der Waals surface area (Å²) in [4.78, 5) is 39.9. The number of hydrogen-bond donors (Lipinski definition) is 3. The zero-order valence-corrected chi connectivity index (χ0v) is 28.7. The second-order valence-electron chi connectivity index (χ2n) is 12.6. The first-order valence-electron chi connectivity index (χ1n) is 18.3. The summed E-state index contributed by atoms with van der Waals surface area (Å²) in [6, 6.07) is 7.86. The zero-order chi connectivity index (χ0) is 32.8. The number of nitrogens with two attached hydrogens (primary N) is 1. The average Bonchev–Trinajstić information content (AvgIpc) is 3.44. The van der Waals surface area contributed by atoms with Crippen molar-refractivity contribution in [1.29, 1.82) is 0 Å². The first-order chi connectivity index (χ1) is 22.6. The molecule has 2 aromatic heterocycles. The largest absolute Gasteiger partial charge is 0.412 e. The maximum absolute atomic E-state index is 12.2. The number of anilines is 1. The molecule has 0 unspecified atom stereocenters. The van der Waals surface area contributed by atoms with E-state index in [1.54, 1.807) is 0 Å². The minimum absolute atomic E-state index is 0.398. The highest BCUT2D eigenvalue weighted by molar-refractivity contribution is 6.35. The van der Waals surface area contributed by atoms with Crippen LogP contribution in [0.3, 0.4) is 0 Å². The van der Waals surface area contributed by atoms with Gasteiger partial charge in [0.05, 0.1) is 5.52 Å². The number of imidazole rings is 1. The molecule has 0 saturated heterocycles. The molecule has 0 aliphatic heterocycles. The lowest BCUT2D eigenvalue weighted by atomic mass is 10.0. The maximum atomic E-state index is 12.2. The highest BCUT2D eigenvalue weighted by Gasteiger charge is 2.18. The Hall–Kier alpha value is -3.36. The molecule has 0 bridgehead atoms. The standard InChI is InChI=1S/C37H60N6O3/c1-3-5-7-8-9-10-11-12-13-14-15-16-17-18-21-27-39-36(44)37(45)40-28-22-23-29-46-43-32(26-6-4-2)42-33-34(43)30-24-19-20-25-31(30)41-35(33)38/h19-20,24-25H,3-18,21-23,26-29H2,1-2H3,(H2,38,41)(H,39,44)(H,40,45). The van der Waals surface area contributed by atoms with Crippen LogP contribution in [0.5, 0.6) is 0 Å². The van der Waals surface area contributed by atoms with Gasteiger partial charge in [-0.3, -0.25) is 9.59 Å². The van der Waals surface area contributed by atoms with Gasteiger partial charge in [0.1, 0.15) is 23.5 Å². The molecule has 3 rings (SSSR count). The minimum atomic E-state index is -0.571. The Labute approximate surface area is 276 Å². The topological polar surface area (TPSA) is 124 Å². The molecule has 0 aliphatic carbocycles.